The van der Waals surface area contributed by atoms with Crippen LogP contribution in [0.1, 0.15) is 51.4 Å². The molecule has 0 aromatic heterocycles. The van der Waals surface area contributed by atoms with E-state index >= 15 is 0 Å². The molecule has 0 bridgehead atoms. The summed E-state index contributed by atoms with van der Waals surface area (Å²) in [6, 6.07) is 0.289. The number of nitrogens with one attached hydrogen (secondary N) is 1. The Balaban J connectivity index is 1.44. The van der Waals surface area contributed by atoms with Crippen LogP contribution < -0.4 is 5.32 Å². The third-order valence-electron chi connectivity index (χ3n) is 5.13. The lowest BCUT2D eigenvalue weighted by Gasteiger charge is -2.41. The van der Waals surface area contributed by atoms with Crippen molar-refractivity contribution >= 4 is 11.8 Å². The zero-order valence-electron chi connectivity index (χ0n) is 12.7. The third kappa shape index (κ3) is 3.76. The highest BCUT2D eigenvalue weighted by molar-refractivity contribution is 5.78. The van der Waals surface area contributed by atoms with Gasteiger partial charge in [-0.2, -0.15) is 0 Å². The van der Waals surface area contributed by atoms with E-state index in [4.69, 9.17) is 4.74 Å². The predicted octanol–water partition coefficient (Wildman–Crippen LogP) is 1.46. The summed E-state index contributed by atoms with van der Waals surface area (Å²) in [5.41, 5.74) is 0. The van der Waals surface area contributed by atoms with Crippen molar-refractivity contribution in [3.63, 3.8) is 0 Å². The molecule has 3 atom stereocenters. The van der Waals surface area contributed by atoms with Crippen LogP contribution in [0.25, 0.3) is 0 Å². The van der Waals surface area contributed by atoms with Crippen molar-refractivity contribution in [2.45, 2.75) is 63.5 Å². The van der Waals surface area contributed by atoms with E-state index in [2.05, 4.69) is 5.32 Å². The molecule has 3 heterocycles. The fourth-order valence-electron chi connectivity index (χ4n) is 3.81. The highest BCUT2D eigenvalue weighted by atomic mass is 16.5. The summed E-state index contributed by atoms with van der Waals surface area (Å²) < 4.78 is 5.70. The summed E-state index contributed by atoms with van der Waals surface area (Å²) in [5, 5.41) is 3.06. The van der Waals surface area contributed by atoms with E-state index in [1.165, 1.54) is 6.42 Å². The van der Waals surface area contributed by atoms with Crippen molar-refractivity contribution in [1.29, 1.82) is 0 Å². The molecule has 0 radical (unpaired) electrons. The molecule has 118 valence electrons. The van der Waals surface area contributed by atoms with Crippen molar-refractivity contribution < 1.29 is 14.3 Å². The van der Waals surface area contributed by atoms with Gasteiger partial charge in [0.05, 0.1) is 6.10 Å². The molecular weight excluding hydrogens is 268 g/mol. The Labute approximate surface area is 126 Å². The Kier molecular flexibility index (Phi) is 4.78. The zero-order valence-corrected chi connectivity index (χ0v) is 12.7. The van der Waals surface area contributed by atoms with Gasteiger partial charge in [0, 0.05) is 38.6 Å². The lowest BCUT2D eigenvalue weighted by molar-refractivity contribution is -0.135. The molecule has 0 aromatic carbocycles. The third-order valence-corrected chi connectivity index (χ3v) is 5.13. The number of amides is 2. The smallest absolute Gasteiger partial charge is 0.222 e. The number of hydrogen-bond donors (Lipinski definition) is 1. The van der Waals surface area contributed by atoms with Crippen LogP contribution in [0.4, 0.5) is 0 Å². The second-order valence-electron chi connectivity index (χ2n) is 6.63. The quantitative estimate of drug-likeness (QED) is 0.857. The summed E-state index contributed by atoms with van der Waals surface area (Å²) in [6.07, 6.45) is 7.68. The Bertz CT molecular complexity index is 393. The molecule has 1 N–H and O–H groups in total. The van der Waals surface area contributed by atoms with E-state index in [1.807, 2.05) is 4.90 Å². The normalized spacial score (nSPS) is 33.2. The minimum absolute atomic E-state index is 0.172. The molecule has 0 aromatic rings. The van der Waals surface area contributed by atoms with Crippen LogP contribution in [0, 0.1) is 5.92 Å². The van der Waals surface area contributed by atoms with Crippen LogP contribution >= 0.6 is 0 Å². The second kappa shape index (κ2) is 6.77. The highest BCUT2D eigenvalue weighted by Gasteiger charge is 2.35. The summed E-state index contributed by atoms with van der Waals surface area (Å²) in [5.74, 6) is 0.885. The summed E-state index contributed by atoms with van der Waals surface area (Å²) in [6.45, 7) is 2.45. The molecular formula is C16H26N2O3. The molecule has 3 aliphatic rings. The Hall–Kier alpha value is -1.10. The molecule has 3 saturated heterocycles. The fraction of sp³-hybridized carbons (Fsp3) is 0.875. The molecule has 3 fully saturated rings. The molecule has 2 amide bonds. The van der Waals surface area contributed by atoms with E-state index in [9.17, 15) is 9.59 Å². The molecule has 0 spiro atoms. The van der Waals surface area contributed by atoms with E-state index in [-0.39, 0.29) is 24.0 Å². The van der Waals surface area contributed by atoms with Crippen molar-refractivity contribution in [2.24, 2.45) is 5.92 Å². The lowest BCUT2D eigenvalue weighted by Crippen LogP contribution is -2.55. The number of piperidine rings is 2. The summed E-state index contributed by atoms with van der Waals surface area (Å²) >= 11 is 0. The number of likely N-dealkylation sites (tertiary alicyclic amines) is 1. The standard InChI is InChI=1S/C16H26N2O3/c19-15-6-4-12-11-18(9-8-14(12)17-15)16(20)7-5-13-3-1-2-10-21-13/h12-14H,1-11H2,(H,17,19). The Morgan fingerprint density at radius 2 is 2.19 bits per heavy atom. The Morgan fingerprint density at radius 3 is 3.00 bits per heavy atom. The predicted molar refractivity (Wildman–Crippen MR) is 78.7 cm³/mol. The van der Waals surface area contributed by atoms with E-state index in [0.29, 0.717) is 18.8 Å². The maximum atomic E-state index is 12.4. The maximum Gasteiger partial charge on any atom is 0.222 e. The first-order chi connectivity index (χ1) is 10.2. The van der Waals surface area contributed by atoms with Gasteiger partial charge in [-0.1, -0.05) is 0 Å². The van der Waals surface area contributed by atoms with Gasteiger partial charge in [-0.15, -0.1) is 0 Å². The summed E-state index contributed by atoms with van der Waals surface area (Å²) in [7, 11) is 0. The van der Waals surface area contributed by atoms with Crippen molar-refractivity contribution in [3.05, 3.63) is 0 Å². The van der Waals surface area contributed by atoms with Gasteiger partial charge in [-0.25, -0.2) is 0 Å². The van der Waals surface area contributed by atoms with Gasteiger partial charge in [0.15, 0.2) is 0 Å². The summed E-state index contributed by atoms with van der Waals surface area (Å²) in [4.78, 5) is 25.8. The molecule has 5 heteroatoms. The monoisotopic (exact) mass is 294 g/mol. The molecule has 3 aliphatic heterocycles. The molecule has 0 aliphatic carbocycles. The molecule has 21 heavy (non-hydrogen) atoms. The van der Waals surface area contributed by atoms with Gasteiger partial charge in [-0.3, -0.25) is 9.59 Å². The first kappa shape index (κ1) is 14.8. The average Bonchev–Trinajstić information content (AvgIpc) is 2.53. The van der Waals surface area contributed by atoms with Crippen LogP contribution in [0.15, 0.2) is 0 Å². The number of ether oxygens (including phenoxy) is 1. The fourth-order valence-corrected chi connectivity index (χ4v) is 3.81. The van der Waals surface area contributed by atoms with Gasteiger partial charge >= 0.3 is 0 Å². The van der Waals surface area contributed by atoms with Crippen LogP contribution in [0.2, 0.25) is 0 Å². The van der Waals surface area contributed by atoms with Crippen LogP contribution in [-0.4, -0.2) is 48.6 Å². The average molecular weight is 294 g/mol. The largest absolute Gasteiger partial charge is 0.378 e. The SMILES string of the molecule is O=C1CCC2CN(C(=O)CCC3CCCCO3)CCC2N1. The molecule has 5 nitrogen and oxygen atoms in total. The van der Waals surface area contributed by atoms with E-state index < -0.39 is 0 Å². The topological polar surface area (TPSA) is 58.6 Å². The van der Waals surface area contributed by atoms with Crippen molar-refractivity contribution in [3.8, 4) is 0 Å². The number of nitrogens with zero attached hydrogens (tertiary/aromatic N) is 1. The van der Waals surface area contributed by atoms with Gasteiger partial charge in [0.1, 0.15) is 0 Å². The first-order valence-electron chi connectivity index (χ1n) is 8.41. The number of carbonyl (C=O) groups is 2. The zero-order chi connectivity index (χ0) is 14.7. The van der Waals surface area contributed by atoms with Crippen LogP contribution in [0.3, 0.4) is 0 Å². The minimum Gasteiger partial charge on any atom is -0.378 e. The second-order valence-corrected chi connectivity index (χ2v) is 6.63. The maximum absolute atomic E-state index is 12.4. The minimum atomic E-state index is 0.172. The van der Waals surface area contributed by atoms with E-state index in [1.54, 1.807) is 0 Å². The van der Waals surface area contributed by atoms with E-state index in [0.717, 1.165) is 51.8 Å². The molecule has 3 rings (SSSR count). The number of carbonyl (C=O) groups excluding carboxylic acids is 2. The van der Waals surface area contributed by atoms with Gasteiger partial charge in [0.2, 0.25) is 11.8 Å². The highest BCUT2D eigenvalue weighted by Crippen LogP contribution is 2.26. The molecule has 3 unspecified atom stereocenters. The van der Waals surface area contributed by atoms with Crippen LogP contribution in [-0.2, 0) is 14.3 Å². The number of hydrogen-bond acceptors (Lipinski definition) is 3. The first-order valence-corrected chi connectivity index (χ1v) is 8.41. The van der Waals surface area contributed by atoms with Crippen molar-refractivity contribution in [1.82, 2.24) is 10.2 Å². The van der Waals surface area contributed by atoms with Gasteiger partial charge < -0.3 is 15.0 Å². The Morgan fingerprint density at radius 1 is 1.29 bits per heavy atom. The van der Waals surface area contributed by atoms with Crippen molar-refractivity contribution in [2.75, 3.05) is 19.7 Å². The number of rotatable bonds is 3. The number of fused-ring (bicyclic) bond motifs is 1. The van der Waals surface area contributed by atoms with Gasteiger partial charge in [0.25, 0.3) is 0 Å². The van der Waals surface area contributed by atoms with Gasteiger partial charge in [-0.05, 0) is 44.4 Å². The molecule has 0 saturated carbocycles. The van der Waals surface area contributed by atoms with Crippen LogP contribution in [0.5, 0.6) is 0 Å². The lowest BCUT2D eigenvalue weighted by atomic mass is 9.85.